The maximum absolute atomic E-state index is 12.0. The average Bonchev–Trinajstić information content (AvgIpc) is 2.93. The van der Waals surface area contributed by atoms with Gasteiger partial charge < -0.3 is 0 Å². The van der Waals surface area contributed by atoms with E-state index in [0.29, 0.717) is 28.0 Å². The molecule has 2 rings (SSSR count). The molecule has 0 saturated heterocycles. The van der Waals surface area contributed by atoms with Gasteiger partial charge in [-0.1, -0.05) is 35.3 Å². The minimum absolute atomic E-state index is 0.00555. The van der Waals surface area contributed by atoms with E-state index in [-0.39, 0.29) is 5.91 Å². The van der Waals surface area contributed by atoms with Crippen molar-refractivity contribution in [3.8, 4) is 0 Å². The fraction of sp³-hybridized carbons (Fsp3) is 0.231. The summed E-state index contributed by atoms with van der Waals surface area (Å²) in [4.78, 5) is 17.7. The van der Waals surface area contributed by atoms with E-state index < -0.39 is 0 Å². The van der Waals surface area contributed by atoms with E-state index in [4.69, 9.17) is 23.2 Å². The number of nitrogens with zero attached hydrogens (tertiary/aromatic N) is 2. The summed E-state index contributed by atoms with van der Waals surface area (Å²) >= 11 is 13.5. The van der Waals surface area contributed by atoms with Gasteiger partial charge in [-0.15, -0.1) is 11.3 Å². The van der Waals surface area contributed by atoms with Gasteiger partial charge in [-0.25, -0.2) is 4.98 Å². The lowest BCUT2D eigenvalue weighted by atomic mass is 10.1. The van der Waals surface area contributed by atoms with Crippen molar-refractivity contribution < 1.29 is 4.79 Å². The number of aromatic nitrogens is 1. The Bertz CT molecular complexity index is 572. The van der Waals surface area contributed by atoms with Gasteiger partial charge >= 0.3 is 0 Å². The molecule has 3 nitrogen and oxygen atoms in total. The van der Waals surface area contributed by atoms with E-state index in [1.807, 2.05) is 17.5 Å². The molecule has 1 amide bonds. The van der Waals surface area contributed by atoms with Crippen molar-refractivity contribution in [1.29, 1.82) is 0 Å². The normalized spacial score (nSPS) is 10.5. The molecule has 19 heavy (non-hydrogen) atoms. The molecule has 0 radical (unpaired) electrons. The summed E-state index contributed by atoms with van der Waals surface area (Å²) in [5.74, 6) is 0.00555. The lowest BCUT2D eigenvalue weighted by molar-refractivity contribution is -0.118. The Kier molecular flexibility index (Phi) is 4.80. The minimum Gasteiger partial charge on any atom is -0.291 e. The number of aryl methyl sites for hydroxylation is 1. The van der Waals surface area contributed by atoms with Crippen LogP contribution in [-0.2, 0) is 11.2 Å². The van der Waals surface area contributed by atoms with Gasteiger partial charge in [-0.3, -0.25) is 9.69 Å². The second-order valence-corrected chi connectivity index (χ2v) is 5.64. The highest BCUT2D eigenvalue weighted by Gasteiger charge is 2.14. The van der Waals surface area contributed by atoms with Crippen molar-refractivity contribution >= 4 is 45.6 Å². The number of amides is 1. The van der Waals surface area contributed by atoms with Crippen molar-refractivity contribution in [3.05, 3.63) is 45.4 Å². The predicted octanol–water partition coefficient (Wildman–Crippen LogP) is 4.05. The molecular formula is C13H12Cl2N2OS. The zero-order chi connectivity index (χ0) is 13.8. The number of rotatable bonds is 4. The number of hydrogen-bond acceptors (Lipinski definition) is 3. The molecule has 2 aromatic rings. The van der Waals surface area contributed by atoms with Crippen LogP contribution < -0.4 is 4.90 Å². The van der Waals surface area contributed by atoms with Crippen LogP contribution >= 0.6 is 34.5 Å². The molecule has 0 saturated carbocycles. The Labute approximate surface area is 125 Å². The molecule has 1 aromatic carbocycles. The Hall–Kier alpha value is -1.10. The Morgan fingerprint density at radius 1 is 1.42 bits per heavy atom. The second kappa shape index (κ2) is 6.37. The van der Waals surface area contributed by atoms with Crippen molar-refractivity contribution in [3.63, 3.8) is 0 Å². The average molecular weight is 315 g/mol. The number of thiazole rings is 1. The highest BCUT2D eigenvalue weighted by atomic mass is 35.5. The number of halogens is 2. The standard InChI is InChI=1S/C13H12Cl2N2OS/c1-17(13-16-7-8-19-13)11(18)6-5-9-3-2-4-10(14)12(9)15/h2-4,7-8H,5-6H2,1H3. The highest BCUT2D eigenvalue weighted by Crippen LogP contribution is 2.26. The zero-order valence-corrected chi connectivity index (χ0v) is 12.6. The molecule has 0 N–H and O–H groups in total. The van der Waals surface area contributed by atoms with Gasteiger partial charge in [0.2, 0.25) is 5.91 Å². The van der Waals surface area contributed by atoms with Gasteiger partial charge in [0.25, 0.3) is 0 Å². The third-order valence-electron chi connectivity index (χ3n) is 2.72. The van der Waals surface area contributed by atoms with Crippen LogP contribution in [-0.4, -0.2) is 17.9 Å². The molecular weight excluding hydrogens is 303 g/mol. The van der Waals surface area contributed by atoms with Gasteiger partial charge in [0.05, 0.1) is 10.0 Å². The fourth-order valence-electron chi connectivity index (χ4n) is 1.64. The van der Waals surface area contributed by atoms with Gasteiger partial charge in [-0.05, 0) is 18.1 Å². The SMILES string of the molecule is CN(C(=O)CCc1cccc(Cl)c1Cl)c1nccs1. The van der Waals surface area contributed by atoms with Crippen molar-refractivity contribution in [1.82, 2.24) is 4.98 Å². The number of anilines is 1. The van der Waals surface area contributed by atoms with Crippen LogP contribution in [0.1, 0.15) is 12.0 Å². The summed E-state index contributed by atoms with van der Waals surface area (Å²) in [6, 6.07) is 5.44. The first-order valence-corrected chi connectivity index (χ1v) is 7.32. The Morgan fingerprint density at radius 2 is 2.21 bits per heavy atom. The zero-order valence-electron chi connectivity index (χ0n) is 10.3. The summed E-state index contributed by atoms with van der Waals surface area (Å²) in [5, 5.41) is 3.57. The number of benzene rings is 1. The van der Waals surface area contributed by atoms with Gasteiger partial charge in [0, 0.05) is 25.0 Å². The second-order valence-electron chi connectivity index (χ2n) is 3.98. The predicted molar refractivity (Wildman–Crippen MR) is 80.3 cm³/mol. The first-order valence-electron chi connectivity index (χ1n) is 5.68. The topological polar surface area (TPSA) is 33.2 Å². The van der Waals surface area contributed by atoms with E-state index in [0.717, 1.165) is 5.56 Å². The molecule has 0 fully saturated rings. The lowest BCUT2D eigenvalue weighted by Gasteiger charge is -2.14. The summed E-state index contributed by atoms with van der Waals surface area (Å²) in [6.07, 6.45) is 2.61. The third-order valence-corrected chi connectivity index (χ3v) is 4.43. The van der Waals surface area contributed by atoms with Crippen LogP contribution in [0, 0.1) is 0 Å². The molecule has 0 atom stereocenters. The van der Waals surface area contributed by atoms with Crippen LogP contribution in [0.4, 0.5) is 5.13 Å². The van der Waals surface area contributed by atoms with E-state index in [9.17, 15) is 4.79 Å². The minimum atomic E-state index is 0.00555. The van der Waals surface area contributed by atoms with Crippen LogP contribution in [0.15, 0.2) is 29.8 Å². The summed E-state index contributed by atoms with van der Waals surface area (Å²) in [7, 11) is 1.72. The van der Waals surface area contributed by atoms with E-state index in [2.05, 4.69) is 4.98 Å². The molecule has 0 aliphatic carbocycles. The molecule has 1 heterocycles. The van der Waals surface area contributed by atoms with Crippen LogP contribution in [0.25, 0.3) is 0 Å². The molecule has 0 unspecified atom stereocenters. The smallest absolute Gasteiger partial charge is 0.228 e. The van der Waals surface area contributed by atoms with Crippen molar-refractivity contribution in [2.75, 3.05) is 11.9 Å². The molecule has 0 spiro atoms. The molecule has 0 aliphatic rings. The van der Waals surface area contributed by atoms with E-state index >= 15 is 0 Å². The van der Waals surface area contributed by atoms with Gasteiger partial charge in [0.1, 0.15) is 0 Å². The maximum Gasteiger partial charge on any atom is 0.228 e. The first kappa shape index (κ1) is 14.3. The summed E-state index contributed by atoms with van der Waals surface area (Å²) in [6.45, 7) is 0. The molecule has 0 aliphatic heterocycles. The largest absolute Gasteiger partial charge is 0.291 e. The van der Waals surface area contributed by atoms with Crippen LogP contribution in [0.3, 0.4) is 0 Å². The first-order chi connectivity index (χ1) is 9.09. The number of carbonyl (C=O) groups is 1. The van der Waals surface area contributed by atoms with Crippen molar-refractivity contribution in [2.45, 2.75) is 12.8 Å². The summed E-state index contributed by atoms with van der Waals surface area (Å²) in [5.41, 5.74) is 0.884. The van der Waals surface area contributed by atoms with Gasteiger partial charge in [-0.2, -0.15) is 0 Å². The van der Waals surface area contributed by atoms with E-state index in [1.165, 1.54) is 11.3 Å². The number of carbonyl (C=O) groups excluding carboxylic acids is 1. The van der Waals surface area contributed by atoms with Gasteiger partial charge in [0.15, 0.2) is 5.13 Å². The Balaban J connectivity index is 1.99. The van der Waals surface area contributed by atoms with Crippen molar-refractivity contribution in [2.24, 2.45) is 0 Å². The molecule has 0 bridgehead atoms. The Morgan fingerprint density at radius 3 is 2.89 bits per heavy atom. The quantitative estimate of drug-likeness (QED) is 0.853. The molecule has 1 aromatic heterocycles. The van der Waals surface area contributed by atoms with Crippen LogP contribution in [0.2, 0.25) is 10.0 Å². The number of hydrogen-bond donors (Lipinski definition) is 0. The monoisotopic (exact) mass is 314 g/mol. The summed E-state index contributed by atoms with van der Waals surface area (Å²) < 4.78 is 0. The molecule has 100 valence electrons. The van der Waals surface area contributed by atoms with E-state index in [1.54, 1.807) is 24.2 Å². The maximum atomic E-state index is 12.0. The van der Waals surface area contributed by atoms with Crippen LogP contribution in [0.5, 0.6) is 0 Å². The fourth-order valence-corrected chi connectivity index (χ4v) is 2.68. The molecule has 6 heteroatoms. The lowest BCUT2D eigenvalue weighted by Crippen LogP contribution is -2.26. The highest BCUT2D eigenvalue weighted by molar-refractivity contribution is 7.13. The third kappa shape index (κ3) is 3.47.